The highest BCUT2D eigenvalue weighted by Gasteiger charge is 2.41. The SMILES string of the molecule is CNC(=O)C1(CN)CCC1.Cl. The van der Waals surface area contributed by atoms with Gasteiger partial charge < -0.3 is 11.1 Å². The summed E-state index contributed by atoms with van der Waals surface area (Å²) in [4.78, 5) is 11.2. The molecule has 0 spiro atoms. The summed E-state index contributed by atoms with van der Waals surface area (Å²) in [5.41, 5.74) is 5.28. The molecular weight excluding hydrogens is 164 g/mol. The summed E-state index contributed by atoms with van der Waals surface area (Å²) in [7, 11) is 1.66. The van der Waals surface area contributed by atoms with Crippen LogP contribution in [0.5, 0.6) is 0 Å². The molecule has 0 bridgehead atoms. The largest absolute Gasteiger partial charge is 0.359 e. The van der Waals surface area contributed by atoms with Crippen molar-refractivity contribution < 1.29 is 4.79 Å². The monoisotopic (exact) mass is 178 g/mol. The lowest BCUT2D eigenvalue weighted by atomic mass is 9.68. The number of amides is 1. The van der Waals surface area contributed by atoms with E-state index in [4.69, 9.17) is 5.73 Å². The lowest BCUT2D eigenvalue weighted by Gasteiger charge is -2.38. The van der Waals surface area contributed by atoms with Gasteiger partial charge in [-0.2, -0.15) is 0 Å². The van der Waals surface area contributed by atoms with E-state index in [2.05, 4.69) is 5.32 Å². The van der Waals surface area contributed by atoms with E-state index in [1.165, 1.54) is 0 Å². The Labute approximate surface area is 73.1 Å². The van der Waals surface area contributed by atoms with E-state index in [9.17, 15) is 4.79 Å². The predicted octanol–water partition coefficient (Wildman–Crippen LogP) is 0.283. The topological polar surface area (TPSA) is 55.1 Å². The Bertz CT molecular complexity index is 140. The van der Waals surface area contributed by atoms with Gasteiger partial charge >= 0.3 is 0 Å². The van der Waals surface area contributed by atoms with E-state index in [1.54, 1.807) is 7.05 Å². The highest BCUT2D eigenvalue weighted by molar-refractivity contribution is 5.85. The first-order valence-corrected chi connectivity index (χ1v) is 3.67. The number of carbonyl (C=O) groups is 1. The maximum absolute atomic E-state index is 11.2. The van der Waals surface area contributed by atoms with Crippen molar-refractivity contribution in [2.75, 3.05) is 13.6 Å². The zero-order valence-electron chi connectivity index (χ0n) is 6.72. The Morgan fingerprint density at radius 1 is 1.64 bits per heavy atom. The van der Waals surface area contributed by atoms with Gasteiger partial charge in [0.15, 0.2) is 0 Å². The van der Waals surface area contributed by atoms with E-state index in [0.29, 0.717) is 6.54 Å². The molecule has 1 fully saturated rings. The molecule has 0 unspecified atom stereocenters. The molecule has 0 radical (unpaired) electrons. The summed E-state index contributed by atoms with van der Waals surface area (Å²) in [6.45, 7) is 0.493. The van der Waals surface area contributed by atoms with Crippen LogP contribution in [-0.2, 0) is 4.79 Å². The molecule has 0 aromatic heterocycles. The van der Waals surface area contributed by atoms with Gasteiger partial charge in [0.25, 0.3) is 0 Å². The van der Waals surface area contributed by atoms with Gasteiger partial charge in [0.05, 0.1) is 5.41 Å². The molecule has 0 atom stereocenters. The molecule has 0 aromatic rings. The van der Waals surface area contributed by atoms with Gasteiger partial charge in [-0.05, 0) is 12.8 Å². The summed E-state index contributed by atoms with van der Waals surface area (Å²) >= 11 is 0. The van der Waals surface area contributed by atoms with Gasteiger partial charge in [0.1, 0.15) is 0 Å². The third kappa shape index (κ3) is 1.65. The molecule has 66 valence electrons. The molecule has 0 heterocycles. The zero-order valence-corrected chi connectivity index (χ0v) is 7.54. The van der Waals surface area contributed by atoms with Crippen LogP contribution < -0.4 is 11.1 Å². The van der Waals surface area contributed by atoms with Gasteiger partial charge in [-0.1, -0.05) is 6.42 Å². The summed E-state index contributed by atoms with van der Waals surface area (Å²) in [6, 6.07) is 0. The molecule has 1 aliphatic carbocycles. The minimum Gasteiger partial charge on any atom is -0.359 e. The lowest BCUT2D eigenvalue weighted by molar-refractivity contribution is -0.134. The normalized spacial score (nSPS) is 19.5. The molecule has 0 aliphatic heterocycles. The van der Waals surface area contributed by atoms with E-state index in [0.717, 1.165) is 19.3 Å². The first-order chi connectivity index (χ1) is 4.75. The van der Waals surface area contributed by atoms with Crippen LogP contribution in [0.4, 0.5) is 0 Å². The fraction of sp³-hybridized carbons (Fsp3) is 0.857. The second kappa shape index (κ2) is 3.93. The van der Waals surface area contributed by atoms with Gasteiger partial charge in [-0.3, -0.25) is 4.79 Å². The van der Waals surface area contributed by atoms with Crippen LogP contribution in [0, 0.1) is 5.41 Å². The fourth-order valence-electron chi connectivity index (χ4n) is 1.39. The minimum atomic E-state index is -0.200. The zero-order chi connectivity index (χ0) is 7.61. The minimum absolute atomic E-state index is 0. The summed E-state index contributed by atoms with van der Waals surface area (Å²) < 4.78 is 0. The second-order valence-corrected chi connectivity index (χ2v) is 2.92. The molecule has 1 amide bonds. The average Bonchev–Trinajstić information content (AvgIpc) is 1.86. The quantitative estimate of drug-likeness (QED) is 0.639. The number of nitrogens with two attached hydrogens (primary N) is 1. The van der Waals surface area contributed by atoms with Crippen LogP contribution in [0.15, 0.2) is 0 Å². The van der Waals surface area contributed by atoms with Crippen molar-refractivity contribution in [1.82, 2.24) is 5.32 Å². The van der Waals surface area contributed by atoms with Crippen molar-refractivity contribution in [3.8, 4) is 0 Å². The van der Waals surface area contributed by atoms with Crippen LogP contribution in [0.3, 0.4) is 0 Å². The first kappa shape index (κ1) is 10.7. The summed E-state index contributed by atoms with van der Waals surface area (Å²) in [5.74, 6) is 0.112. The third-order valence-electron chi connectivity index (χ3n) is 2.41. The number of nitrogens with one attached hydrogen (secondary N) is 1. The highest BCUT2D eigenvalue weighted by Crippen LogP contribution is 2.39. The number of hydrogen-bond donors (Lipinski definition) is 2. The Morgan fingerprint density at radius 3 is 2.27 bits per heavy atom. The molecule has 1 rings (SSSR count). The molecule has 11 heavy (non-hydrogen) atoms. The van der Waals surface area contributed by atoms with Crippen molar-refractivity contribution >= 4 is 18.3 Å². The average molecular weight is 179 g/mol. The predicted molar refractivity (Wildman–Crippen MR) is 46.7 cm³/mol. The lowest BCUT2D eigenvalue weighted by Crippen LogP contribution is -2.49. The molecule has 1 saturated carbocycles. The maximum atomic E-state index is 11.2. The Kier molecular flexibility index (Phi) is 3.83. The van der Waals surface area contributed by atoms with E-state index < -0.39 is 0 Å². The Hall–Kier alpha value is -0.280. The summed E-state index contributed by atoms with van der Waals surface area (Å²) in [6.07, 6.45) is 3.07. The molecule has 4 heteroatoms. The molecule has 1 aliphatic rings. The van der Waals surface area contributed by atoms with Crippen molar-refractivity contribution in [2.45, 2.75) is 19.3 Å². The van der Waals surface area contributed by atoms with Crippen molar-refractivity contribution in [1.29, 1.82) is 0 Å². The molecule has 3 N–H and O–H groups in total. The van der Waals surface area contributed by atoms with Crippen molar-refractivity contribution in [3.63, 3.8) is 0 Å². The van der Waals surface area contributed by atoms with E-state index in [-0.39, 0.29) is 23.7 Å². The number of rotatable bonds is 2. The van der Waals surface area contributed by atoms with Crippen molar-refractivity contribution in [2.24, 2.45) is 11.1 Å². The molecular formula is C7H15ClN2O. The third-order valence-corrected chi connectivity index (χ3v) is 2.41. The first-order valence-electron chi connectivity index (χ1n) is 3.67. The van der Waals surface area contributed by atoms with E-state index >= 15 is 0 Å². The molecule has 0 aromatic carbocycles. The summed E-state index contributed by atoms with van der Waals surface area (Å²) in [5, 5.41) is 2.64. The number of hydrogen-bond acceptors (Lipinski definition) is 2. The Morgan fingerprint density at radius 2 is 2.18 bits per heavy atom. The van der Waals surface area contributed by atoms with Crippen LogP contribution in [0.25, 0.3) is 0 Å². The van der Waals surface area contributed by atoms with Crippen LogP contribution >= 0.6 is 12.4 Å². The smallest absolute Gasteiger partial charge is 0.227 e. The molecule has 0 saturated heterocycles. The van der Waals surface area contributed by atoms with Crippen LogP contribution in [0.2, 0.25) is 0 Å². The van der Waals surface area contributed by atoms with Gasteiger partial charge in [0, 0.05) is 13.6 Å². The fourth-order valence-corrected chi connectivity index (χ4v) is 1.39. The molecule has 3 nitrogen and oxygen atoms in total. The van der Waals surface area contributed by atoms with Gasteiger partial charge in [0.2, 0.25) is 5.91 Å². The van der Waals surface area contributed by atoms with E-state index in [1.807, 2.05) is 0 Å². The number of carbonyl (C=O) groups excluding carboxylic acids is 1. The van der Waals surface area contributed by atoms with Crippen LogP contribution in [0.1, 0.15) is 19.3 Å². The standard InChI is InChI=1S/C7H14N2O.ClH/c1-9-6(10)7(5-8)3-2-4-7;/h2-5,8H2,1H3,(H,9,10);1H. The second-order valence-electron chi connectivity index (χ2n) is 2.92. The van der Waals surface area contributed by atoms with Gasteiger partial charge in [-0.25, -0.2) is 0 Å². The van der Waals surface area contributed by atoms with Crippen LogP contribution in [-0.4, -0.2) is 19.5 Å². The van der Waals surface area contributed by atoms with Crippen molar-refractivity contribution in [3.05, 3.63) is 0 Å². The Balaban J connectivity index is 0.000001000. The number of halogens is 1. The van der Waals surface area contributed by atoms with Gasteiger partial charge in [-0.15, -0.1) is 12.4 Å². The maximum Gasteiger partial charge on any atom is 0.227 e. The highest BCUT2D eigenvalue weighted by atomic mass is 35.5.